The Labute approximate surface area is 101 Å². The third-order valence-electron chi connectivity index (χ3n) is 2.34. The second-order valence-electron chi connectivity index (χ2n) is 3.79. The SMILES string of the molecule is CC(O)(CCC(=O)O)c1ccc(F)cc1Br. The molecule has 1 aromatic rings. The minimum atomic E-state index is -1.29. The van der Waals surface area contributed by atoms with Crippen LogP contribution in [0.3, 0.4) is 0 Å². The number of hydrogen-bond acceptors (Lipinski definition) is 2. The summed E-state index contributed by atoms with van der Waals surface area (Å²) in [7, 11) is 0. The van der Waals surface area contributed by atoms with E-state index in [9.17, 15) is 14.3 Å². The predicted molar refractivity (Wildman–Crippen MR) is 60.5 cm³/mol. The van der Waals surface area contributed by atoms with Crippen molar-refractivity contribution in [2.24, 2.45) is 0 Å². The van der Waals surface area contributed by atoms with Crippen molar-refractivity contribution in [1.82, 2.24) is 0 Å². The standard InChI is InChI=1S/C11H12BrFO3/c1-11(16,5-4-10(14)15)8-3-2-7(13)6-9(8)12/h2-3,6,16H,4-5H2,1H3,(H,14,15). The maximum atomic E-state index is 12.8. The van der Waals surface area contributed by atoms with Gasteiger partial charge in [-0.2, -0.15) is 0 Å². The molecule has 2 N–H and O–H groups in total. The molecule has 0 fully saturated rings. The number of rotatable bonds is 4. The molecule has 1 atom stereocenters. The largest absolute Gasteiger partial charge is 0.481 e. The Morgan fingerprint density at radius 3 is 2.69 bits per heavy atom. The van der Waals surface area contributed by atoms with Crippen LogP contribution in [0.15, 0.2) is 22.7 Å². The Kier molecular flexibility index (Phi) is 4.04. The molecule has 88 valence electrons. The predicted octanol–water partition coefficient (Wildman–Crippen LogP) is 2.66. The molecule has 1 aromatic carbocycles. The van der Waals surface area contributed by atoms with Gasteiger partial charge in [0.15, 0.2) is 0 Å². The summed E-state index contributed by atoms with van der Waals surface area (Å²) >= 11 is 3.14. The average molecular weight is 291 g/mol. The first-order chi connectivity index (χ1) is 7.33. The van der Waals surface area contributed by atoms with Crippen molar-refractivity contribution < 1.29 is 19.4 Å². The van der Waals surface area contributed by atoms with E-state index in [0.717, 1.165) is 0 Å². The van der Waals surface area contributed by atoms with E-state index in [4.69, 9.17) is 5.11 Å². The Balaban J connectivity index is 2.92. The maximum Gasteiger partial charge on any atom is 0.303 e. The second-order valence-corrected chi connectivity index (χ2v) is 4.65. The highest BCUT2D eigenvalue weighted by molar-refractivity contribution is 9.10. The van der Waals surface area contributed by atoms with Crippen molar-refractivity contribution >= 4 is 21.9 Å². The molecule has 0 radical (unpaired) electrons. The van der Waals surface area contributed by atoms with Gasteiger partial charge in [0.25, 0.3) is 0 Å². The molecule has 0 aliphatic heterocycles. The number of benzene rings is 1. The van der Waals surface area contributed by atoms with Gasteiger partial charge in [-0.3, -0.25) is 4.79 Å². The van der Waals surface area contributed by atoms with Crippen LogP contribution < -0.4 is 0 Å². The molecule has 16 heavy (non-hydrogen) atoms. The zero-order valence-electron chi connectivity index (χ0n) is 8.70. The third-order valence-corrected chi connectivity index (χ3v) is 2.99. The van der Waals surface area contributed by atoms with Crippen LogP contribution in [-0.4, -0.2) is 16.2 Å². The Hall–Kier alpha value is -0.940. The fourth-order valence-corrected chi connectivity index (χ4v) is 2.19. The zero-order valence-corrected chi connectivity index (χ0v) is 10.3. The summed E-state index contributed by atoms with van der Waals surface area (Å²) in [6.07, 6.45) is -0.0661. The van der Waals surface area contributed by atoms with E-state index in [1.807, 2.05) is 0 Å². The van der Waals surface area contributed by atoms with E-state index < -0.39 is 17.4 Å². The van der Waals surface area contributed by atoms with Crippen molar-refractivity contribution in [1.29, 1.82) is 0 Å². The molecule has 1 rings (SSSR count). The van der Waals surface area contributed by atoms with Crippen molar-refractivity contribution in [2.75, 3.05) is 0 Å². The molecular formula is C11H12BrFO3. The number of aliphatic carboxylic acids is 1. The van der Waals surface area contributed by atoms with E-state index in [1.54, 1.807) is 0 Å². The summed E-state index contributed by atoms with van der Waals surface area (Å²) in [4.78, 5) is 10.4. The van der Waals surface area contributed by atoms with E-state index >= 15 is 0 Å². The van der Waals surface area contributed by atoms with Crippen LogP contribution in [0.25, 0.3) is 0 Å². The van der Waals surface area contributed by atoms with Crippen molar-refractivity contribution in [3.63, 3.8) is 0 Å². The lowest BCUT2D eigenvalue weighted by atomic mass is 9.91. The first-order valence-electron chi connectivity index (χ1n) is 4.72. The fourth-order valence-electron chi connectivity index (χ4n) is 1.41. The highest BCUT2D eigenvalue weighted by Crippen LogP contribution is 2.32. The lowest BCUT2D eigenvalue weighted by Gasteiger charge is -2.24. The number of carbonyl (C=O) groups is 1. The number of aliphatic hydroxyl groups is 1. The van der Waals surface area contributed by atoms with Crippen LogP contribution in [0, 0.1) is 5.82 Å². The highest BCUT2D eigenvalue weighted by atomic mass is 79.9. The van der Waals surface area contributed by atoms with Gasteiger partial charge < -0.3 is 10.2 Å². The monoisotopic (exact) mass is 290 g/mol. The first-order valence-corrected chi connectivity index (χ1v) is 5.52. The molecule has 0 spiro atoms. The zero-order chi connectivity index (χ0) is 12.3. The van der Waals surface area contributed by atoms with Gasteiger partial charge in [0.2, 0.25) is 0 Å². The maximum absolute atomic E-state index is 12.8. The third kappa shape index (κ3) is 3.28. The van der Waals surface area contributed by atoms with Crippen LogP contribution in [0.1, 0.15) is 25.3 Å². The molecule has 0 aliphatic carbocycles. The minimum Gasteiger partial charge on any atom is -0.481 e. The summed E-state index contributed by atoms with van der Waals surface area (Å²) in [5.74, 6) is -1.39. The summed E-state index contributed by atoms with van der Waals surface area (Å²) in [6.45, 7) is 1.51. The van der Waals surface area contributed by atoms with Crippen LogP contribution in [0.5, 0.6) is 0 Å². The van der Waals surface area contributed by atoms with Crippen molar-refractivity contribution in [3.8, 4) is 0 Å². The molecule has 0 heterocycles. The Morgan fingerprint density at radius 2 is 2.19 bits per heavy atom. The van der Waals surface area contributed by atoms with Crippen LogP contribution in [0.4, 0.5) is 4.39 Å². The molecule has 1 unspecified atom stereocenters. The summed E-state index contributed by atoms with van der Waals surface area (Å²) in [5.41, 5.74) is -0.805. The van der Waals surface area contributed by atoms with E-state index in [0.29, 0.717) is 10.0 Å². The molecule has 0 aliphatic rings. The van der Waals surface area contributed by atoms with E-state index in [2.05, 4.69) is 15.9 Å². The molecule has 0 saturated carbocycles. The molecule has 5 heteroatoms. The van der Waals surface area contributed by atoms with Gasteiger partial charge >= 0.3 is 5.97 Å². The number of carboxylic acid groups (broad SMARTS) is 1. The van der Waals surface area contributed by atoms with Gasteiger partial charge in [-0.1, -0.05) is 22.0 Å². The van der Waals surface area contributed by atoms with Gasteiger partial charge in [-0.15, -0.1) is 0 Å². The van der Waals surface area contributed by atoms with Crippen molar-refractivity contribution in [3.05, 3.63) is 34.1 Å². The smallest absolute Gasteiger partial charge is 0.303 e. The molecular weight excluding hydrogens is 279 g/mol. The van der Waals surface area contributed by atoms with Gasteiger partial charge in [-0.25, -0.2) is 4.39 Å². The number of halogens is 2. The van der Waals surface area contributed by atoms with Crippen molar-refractivity contribution in [2.45, 2.75) is 25.4 Å². The van der Waals surface area contributed by atoms with Gasteiger partial charge in [-0.05, 0) is 31.0 Å². The molecule has 3 nitrogen and oxygen atoms in total. The lowest BCUT2D eigenvalue weighted by Crippen LogP contribution is -2.23. The summed E-state index contributed by atoms with van der Waals surface area (Å²) in [5, 5.41) is 18.6. The summed E-state index contributed by atoms with van der Waals surface area (Å²) < 4.78 is 13.3. The quantitative estimate of drug-likeness (QED) is 0.896. The highest BCUT2D eigenvalue weighted by Gasteiger charge is 2.26. The van der Waals surface area contributed by atoms with E-state index in [-0.39, 0.29) is 12.8 Å². The first kappa shape index (κ1) is 13.1. The van der Waals surface area contributed by atoms with Crippen LogP contribution >= 0.6 is 15.9 Å². The summed E-state index contributed by atoms with van der Waals surface area (Å²) in [6, 6.07) is 3.92. The Morgan fingerprint density at radius 1 is 1.56 bits per heavy atom. The lowest BCUT2D eigenvalue weighted by molar-refractivity contribution is -0.138. The Bertz CT molecular complexity index is 404. The van der Waals surface area contributed by atoms with Crippen LogP contribution in [-0.2, 0) is 10.4 Å². The van der Waals surface area contributed by atoms with Gasteiger partial charge in [0.05, 0.1) is 5.60 Å². The van der Waals surface area contributed by atoms with Gasteiger partial charge in [0, 0.05) is 10.9 Å². The number of hydrogen-bond donors (Lipinski definition) is 2. The molecule has 0 bridgehead atoms. The number of carboxylic acids is 1. The van der Waals surface area contributed by atoms with Crippen LogP contribution in [0.2, 0.25) is 0 Å². The average Bonchev–Trinajstić information content (AvgIpc) is 2.14. The topological polar surface area (TPSA) is 57.5 Å². The molecule has 0 saturated heterocycles. The fraction of sp³-hybridized carbons (Fsp3) is 0.364. The molecule has 0 amide bonds. The van der Waals surface area contributed by atoms with Gasteiger partial charge in [0.1, 0.15) is 5.82 Å². The normalized spacial score (nSPS) is 14.5. The molecule has 0 aromatic heterocycles. The van der Waals surface area contributed by atoms with E-state index in [1.165, 1.54) is 25.1 Å². The second kappa shape index (κ2) is 4.93. The minimum absolute atomic E-state index is 0.0760.